The van der Waals surface area contributed by atoms with Gasteiger partial charge in [0, 0.05) is 11.8 Å². The van der Waals surface area contributed by atoms with Gasteiger partial charge in [-0.15, -0.1) is 0 Å². The van der Waals surface area contributed by atoms with Gasteiger partial charge in [-0.1, -0.05) is 146 Å². The predicted molar refractivity (Wildman–Crippen MR) is 158 cm³/mol. The van der Waals surface area contributed by atoms with Crippen LogP contribution in [0.1, 0.15) is 45.2 Å². The van der Waals surface area contributed by atoms with Crippen LogP contribution in [0.2, 0.25) is 0 Å². The number of rotatable bonds is 3. The summed E-state index contributed by atoms with van der Waals surface area (Å²) in [5.74, 6) is 0.435. The maximum absolute atomic E-state index is 2.34. The van der Waals surface area contributed by atoms with Gasteiger partial charge in [-0.25, -0.2) is 0 Å². The molecule has 0 amide bonds. The van der Waals surface area contributed by atoms with Crippen LogP contribution >= 0.6 is 0 Å². The van der Waals surface area contributed by atoms with Crippen molar-refractivity contribution in [3.63, 3.8) is 0 Å². The Kier molecular flexibility index (Phi) is 4.75. The van der Waals surface area contributed by atoms with Crippen LogP contribution in [0.15, 0.2) is 146 Å². The first-order valence-electron chi connectivity index (χ1n) is 13.4. The number of benzene rings is 6. The fourth-order valence-electron chi connectivity index (χ4n) is 6.97. The van der Waals surface area contributed by atoms with Gasteiger partial charge in [0.2, 0.25) is 0 Å². The molecule has 0 radical (unpaired) electrons. The summed E-state index contributed by atoms with van der Waals surface area (Å²) in [6, 6.07) is 53.8. The smallest absolute Gasteiger partial charge is 0.0358 e. The minimum Gasteiger partial charge on any atom is -0.0619 e. The number of fused-ring (bicyclic) bond motifs is 6. The molecule has 6 aromatic carbocycles. The zero-order valence-electron chi connectivity index (χ0n) is 21.0. The van der Waals surface area contributed by atoms with E-state index < -0.39 is 0 Å². The molecule has 178 valence electrons. The first-order valence-corrected chi connectivity index (χ1v) is 13.4. The van der Waals surface area contributed by atoms with Crippen molar-refractivity contribution in [3.8, 4) is 33.4 Å². The largest absolute Gasteiger partial charge is 0.0619 e. The third kappa shape index (κ3) is 3.04. The highest BCUT2D eigenvalue weighted by atomic mass is 14.4. The summed E-state index contributed by atoms with van der Waals surface area (Å²) in [4.78, 5) is 0. The van der Waals surface area contributed by atoms with E-state index >= 15 is 0 Å². The molecule has 0 aromatic heterocycles. The van der Waals surface area contributed by atoms with Gasteiger partial charge in [0.25, 0.3) is 0 Å². The predicted octanol–water partition coefficient (Wildman–Crippen LogP) is 9.67. The van der Waals surface area contributed by atoms with Gasteiger partial charge in [0.15, 0.2) is 0 Å². The van der Waals surface area contributed by atoms with Crippen LogP contribution in [0.3, 0.4) is 0 Å². The quantitative estimate of drug-likeness (QED) is 0.235. The molecule has 0 saturated carbocycles. The Morgan fingerprint density at radius 3 is 0.553 bits per heavy atom. The Morgan fingerprint density at radius 1 is 0.211 bits per heavy atom. The molecule has 2 aliphatic rings. The lowest BCUT2D eigenvalue weighted by atomic mass is 9.80. The summed E-state index contributed by atoms with van der Waals surface area (Å²) in [5, 5.41) is 0. The van der Waals surface area contributed by atoms with Crippen molar-refractivity contribution in [1.29, 1.82) is 0 Å². The molecule has 0 N–H and O–H groups in total. The van der Waals surface area contributed by atoms with E-state index in [0.29, 0.717) is 0 Å². The average Bonchev–Trinajstić information content (AvgIpc) is 3.50. The SMILES string of the molecule is c1ccc2c(c1)-c1ccccc1C2c1ccccc1-c1ccccc1C1c2ccccc2-c2ccccc21. The molecular weight excluding hydrogens is 456 g/mol. The molecule has 0 nitrogen and oxygen atoms in total. The van der Waals surface area contributed by atoms with Crippen LogP contribution < -0.4 is 0 Å². The van der Waals surface area contributed by atoms with Crippen LogP contribution in [0.25, 0.3) is 33.4 Å². The third-order valence-electron chi connectivity index (χ3n) is 8.50. The van der Waals surface area contributed by atoms with E-state index in [-0.39, 0.29) is 11.8 Å². The lowest BCUT2D eigenvalue weighted by Crippen LogP contribution is -2.05. The van der Waals surface area contributed by atoms with E-state index in [9.17, 15) is 0 Å². The molecule has 0 unspecified atom stereocenters. The molecule has 8 rings (SSSR count). The second-order valence-corrected chi connectivity index (χ2v) is 10.4. The van der Waals surface area contributed by atoms with Crippen molar-refractivity contribution in [2.75, 3.05) is 0 Å². The summed E-state index contributed by atoms with van der Waals surface area (Å²) < 4.78 is 0. The minimum atomic E-state index is 0.217. The van der Waals surface area contributed by atoms with Gasteiger partial charge in [-0.05, 0) is 66.8 Å². The minimum absolute atomic E-state index is 0.217. The van der Waals surface area contributed by atoms with Gasteiger partial charge < -0.3 is 0 Å². The highest BCUT2D eigenvalue weighted by Crippen LogP contribution is 2.53. The Hall–Kier alpha value is -4.68. The fraction of sp³-hybridized carbons (Fsp3) is 0.0526. The average molecular weight is 483 g/mol. The van der Waals surface area contributed by atoms with Gasteiger partial charge in [0.1, 0.15) is 0 Å². The maximum Gasteiger partial charge on any atom is 0.0358 e. The zero-order valence-corrected chi connectivity index (χ0v) is 21.0. The van der Waals surface area contributed by atoms with E-state index in [1.807, 2.05) is 0 Å². The second-order valence-electron chi connectivity index (χ2n) is 10.4. The van der Waals surface area contributed by atoms with Gasteiger partial charge >= 0.3 is 0 Å². The van der Waals surface area contributed by atoms with Gasteiger partial charge in [-0.3, -0.25) is 0 Å². The van der Waals surface area contributed by atoms with E-state index in [2.05, 4.69) is 146 Å². The Morgan fingerprint density at radius 2 is 0.368 bits per heavy atom. The lowest BCUT2D eigenvalue weighted by molar-refractivity contribution is 1.00. The van der Waals surface area contributed by atoms with E-state index in [1.165, 1.54) is 66.8 Å². The van der Waals surface area contributed by atoms with Crippen LogP contribution in [-0.2, 0) is 0 Å². The second kappa shape index (κ2) is 8.43. The summed E-state index contributed by atoms with van der Waals surface area (Å²) in [6.07, 6.45) is 0. The van der Waals surface area contributed by atoms with Crippen molar-refractivity contribution >= 4 is 0 Å². The monoisotopic (exact) mass is 482 g/mol. The van der Waals surface area contributed by atoms with Crippen molar-refractivity contribution in [3.05, 3.63) is 179 Å². The summed E-state index contributed by atoms with van der Waals surface area (Å²) in [6.45, 7) is 0. The third-order valence-corrected chi connectivity index (χ3v) is 8.50. The topological polar surface area (TPSA) is 0 Å². The summed E-state index contributed by atoms with van der Waals surface area (Å²) >= 11 is 0. The van der Waals surface area contributed by atoms with Crippen molar-refractivity contribution in [1.82, 2.24) is 0 Å². The normalized spacial score (nSPS) is 13.6. The van der Waals surface area contributed by atoms with Crippen LogP contribution in [-0.4, -0.2) is 0 Å². The first kappa shape index (κ1) is 21.4. The molecule has 0 heterocycles. The molecule has 0 bridgehead atoms. The van der Waals surface area contributed by atoms with Gasteiger partial charge in [0.05, 0.1) is 0 Å². The van der Waals surface area contributed by atoms with Crippen LogP contribution in [0, 0.1) is 0 Å². The standard InChI is InChI=1S/C38H26/c1-7-19-31-25(13-1)26-14-2-8-20-32(26)37(31)35-23-11-5-17-29(35)30-18-6-12-24-36(30)38-33-21-9-3-15-27(33)28-16-4-10-22-34(28)38/h1-24,37-38H. The maximum atomic E-state index is 2.34. The van der Waals surface area contributed by atoms with Crippen LogP contribution in [0.4, 0.5) is 0 Å². The molecule has 0 aliphatic heterocycles. The molecule has 0 atom stereocenters. The Bertz CT molecular complexity index is 1610. The first-order chi connectivity index (χ1) is 18.9. The van der Waals surface area contributed by atoms with Crippen molar-refractivity contribution < 1.29 is 0 Å². The lowest BCUT2D eigenvalue weighted by Gasteiger charge is -2.23. The Labute approximate surface area is 223 Å². The number of hydrogen-bond donors (Lipinski definition) is 0. The summed E-state index contributed by atoms with van der Waals surface area (Å²) in [5.41, 5.74) is 16.4. The zero-order chi connectivity index (χ0) is 25.1. The van der Waals surface area contributed by atoms with E-state index in [1.54, 1.807) is 0 Å². The van der Waals surface area contributed by atoms with E-state index in [4.69, 9.17) is 0 Å². The van der Waals surface area contributed by atoms with Crippen molar-refractivity contribution in [2.24, 2.45) is 0 Å². The molecule has 38 heavy (non-hydrogen) atoms. The highest BCUT2D eigenvalue weighted by Gasteiger charge is 2.34. The Balaban J connectivity index is 1.36. The summed E-state index contributed by atoms with van der Waals surface area (Å²) in [7, 11) is 0. The molecule has 0 spiro atoms. The molecule has 2 aliphatic carbocycles. The van der Waals surface area contributed by atoms with E-state index in [0.717, 1.165) is 0 Å². The molecule has 6 aromatic rings. The number of hydrogen-bond acceptors (Lipinski definition) is 0. The molecule has 0 heteroatoms. The molecule has 0 fully saturated rings. The molecule has 0 saturated heterocycles. The highest BCUT2D eigenvalue weighted by molar-refractivity contribution is 5.86. The molecular formula is C38H26. The van der Waals surface area contributed by atoms with Crippen molar-refractivity contribution in [2.45, 2.75) is 11.8 Å². The van der Waals surface area contributed by atoms with Gasteiger partial charge in [-0.2, -0.15) is 0 Å². The van der Waals surface area contributed by atoms with Crippen LogP contribution in [0.5, 0.6) is 0 Å². The fourth-order valence-corrected chi connectivity index (χ4v) is 6.97.